The Hall–Kier alpha value is -1.50. The summed E-state index contributed by atoms with van der Waals surface area (Å²) < 4.78 is 6.54. The van der Waals surface area contributed by atoms with E-state index in [1.54, 1.807) is 29.8 Å². The van der Waals surface area contributed by atoms with Crippen LogP contribution >= 0.6 is 22.7 Å². The van der Waals surface area contributed by atoms with E-state index in [0.29, 0.717) is 0 Å². The van der Waals surface area contributed by atoms with Crippen LogP contribution in [0.5, 0.6) is 0 Å². The molecule has 3 aromatic heterocycles. The van der Waals surface area contributed by atoms with Gasteiger partial charge in [0.2, 0.25) is 0 Å². The Morgan fingerprint density at radius 1 is 1.33 bits per heavy atom. The van der Waals surface area contributed by atoms with E-state index in [4.69, 9.17) is 4.74 Å². The second-order valence-corrected chi connectivity index (χ2v) is 6.68. The summed E-state index contributed by atoms with van der Waals surface area (Å²) in [5, 5.41) is 5.21. The largest absolute Gasteiger partial charge is 0.375 e. The highest BCUT2D eigenvalue weighted by Crippen LogP contribution is 2.30. The lowest BCUT2D eigenvalue weighted by molar-refractivity contribution is 0.119. The van der Waals surface area contributed by atoms with Crippen LogP contribution in [-0.4, -0.2) is 24.1 Å². The number of ether oxygens (including phenoxy) is 1. The molecule has 1 unspecified atom stereocenters. The molecule has 0 radical (unpaired) electrons. The van der Waals surface area contributed by atoms with Crippen molar-refractivity contribution in [2.45, 2.75) is 19.6 Å². The maximum Gasteiger partial charge on any atom is 0.122 e. The molecule has 4 nitrogen and oxygen atoms in total. The molecular weight excluding hydrogens is 302 g/mol. The number of fused-ring (bicyclic) bond motifs is 1. The van der Waals surface area contributed by atoms with Gasteiger partial charge in [0.25, 0.3) is 0 Å². The van der Waals surface area contributed by atoms with Crippen molar-refractivity contribution in [2.75, 3.05) is 19.1 Å². The molecule has 21 heavy (non-hydrogen) atoms. The van der Waals surface area contributed by atoms with Crippen LogP contribution < -0.4 is 4.90 Å². The maximum absolute atomic E-state index is 5.31. The van der Waals surface area contributed by atoms with Gasteiger partial charge in [-0.2, -0.15) is 0 Å². The number of pyridine rings is 1. The van der Waals surface area contributed by atoms with Gasteiger partial charge in [-0.25, -0.2) is 4.98 Å². The van der Waals surface area contributed by atoms with Crippen molar-refractivity contribution < 1.29 is 4.74 Å². The molecule has 0 spiro atoms. The number of anilines is 1. The normalized spacial score (nSPS) is 12.7. The monoisotopic (exact) mass is 319 g/mol. The van der Waals surface area contributed by atoms with E-state index in [-0.39, 0.29) is 6.10 Å². The van der Waals surface area contributed by atoms with E-state index < -0.39 is 0 Å². The standard InChI is InChI=1S/C15H17N3OS2/c1-10(19-3)15-17-11(9-21-15)8-18(2)13-4-6-16-12-5-7-20-14(12)13/h4-7,9-10H,8H2,1-3H3. The number of methoxy groups -OCH3 is 1. The van der Waals surface area contributed by atoms with Crippen molar-refractivity contribution in [3.05, 3.63) is 39.8 Å². The van der Waals surface area contributed by atoms with Crippen molar-refractivity contribution >= 4 is 38.6 Å². The fraction of sp³-hybridized carbons (Fsp3) is 0.333. The van der Waals surface area contributed by atoms with Gasteiger partial charge in [-0.05, 0) is 24.4 Å². The average Bonchev–Trinajstić information content (AvgIpc) is 3.14. The van der Waals surface area contributed by atoms with Gasteiger partial charge in [0.05, 0.1) is 28.1 Å². The van der Waals surface area contributed by atoms with Gasteiger partial charge in [0, 0.05) is 25.7 Å². The summed E-state index contributed by atoms with van der Waals surface area (Å²) in [7, 11) is 3.80. The topological polar surface area (TPSA) is 38.2 Å². The van der Waals surface area contributed by atoms with Gasteiger partial charge in [-0.1, -0.05) is 0 Å². The minimum Gasteiger partial charge on any atom is -0.375 e. The molecule has 0 N–H and O–H groups in total. The van der Waals surface area contributed by atoms with E-state index >= 15 is 0 Å². The van der Waals surface area contributed by atoms with Gasteiger partial charge >= 0.3 is 0 Å². The van der Waals surface area contributed by atoms with Crippen molar-refractivity contribution in [2.24, 2.45) is 0 Å². The van der Waals surface area contributed by atoms with Gasteiger partial charge in [0.15, 0.2) is 0 Å². The Labute approximate surface area is 132 Å². The first-order valence-electron chi connectivity index (χ1n) is 6.69. The van der Waals surface area contributed by atoms with E-state index in [1.807, 2.05) is 13.1 Å². The summed E-state index contributed by atoms with van der Waals surface area (Å²) in [5.74, 6) is 0. The number of rotatable bonds is 5. The fourth-order valence-electron chi connectivity index (χ4n) is 2.17. The smallest absolute Gasteiger partial charge is 0.122 e. The third-order valence-corrected chi connectivity index (χ3v) is 5.39. The van der Waals surface area contributed by atoms with Crippen molar-refractivity contribution in [1.82, 2.24) is 9.97 Å². The molecular formula is C15H17N3OS2. The van der Waals surface area contributed by atoms with Crippen LogP contribution in [0, 0.1) is 0 Å². The summed E-state index contributed by atoms with van der Waals surface area (Å²) in [6.07, 6.45) is 1.92. The van der Waals surface area contributed by atoms with Gasteiger partial charge in [-0.15, -0.1) is 22.7 Å². The highest BCUT2D eigenvalue weighted by atomic mass is 32.1. The molecule has 0 saturated heterocycles. The Morgan fingerprint density at radius 3 is 3.00 bits per heavy atom. The fourth-order valence-corrected chi connectivity index (χ4v) is 3.93. The van der Waals surface area contributed by atoms with Crippen LogP contribution in [-0.2, 0) is 11.3 Å². The number of nitrogens with zero attached hydrogens (tertiary/aromatic N) is 3. The van der Waals surface area contributed by atoms with Gasteiger partial charge < -0.3 is 9.64 Å². The van der Waals surface area contributed by atoms with Crippen molar-refractivity contribution in [1.29, 1.82) is 0 Å². The Kier molecular flexibility index (Phi) is 4.19. The van der Waals surface area contributed by atoms with Crippen LogP contribution in [0.4, 0.5) is 5.69 Å². The molecule has 0 saturated carbocycles. The first kappa shape index (κ1) is 14.4. The molecule has 3 heterocycles. The van der Waals surface area contributed by atoms with Gasteiger partial charge in [0.1, 0.15) is 11.1 Å². The predicted molar refractivity (Wildman–Crippen MR) is 89.3 cm³/mol. The lowest BCUT2D eigenvalue weighted by Crippen LogP contribution is -2.16. The summed E-state index contributed by atoms with van der Waals surface area (Å²) in [5.41, 5.74) is 3.32. The van der Waals surface area contributed by atoms with E-state index in [1.165, 1.54) is 10.4 Å². The zero-order valence-electron chi connectivity index (χ0n) is 12.2. The molecule has 0 aliphatic heterocycles. The van der Waals surface area contributed by atoms with E-state index in [2.05, 4.69) is 44.8 Å². The molecule has 0 bridgehead atoms. The van der Waals surface area contributed by atoms with Crippen LogP contribution in [0.15, 0.2) is 29.1 Å². The predicted octanol–water partition coefficient (Wildman–Crippen LogP) is 4.10. The first-order valence-corrected chi connectivity index (χ1v) is 8.45. The number of thiazole rings is 1. The third-order valence-electron chi connectivity index (χ3n) is 3.40. The summed E-state index contributed by atoms with van der Waals surface area (Å²) >= 11 is 3.38. The second kappa shape index (κ2) is 6.09. The Morgan fingerprint density at radius 2 is 2.19 bits per heavy atom. The van der Waals surface area contributed by atoms with Crippen molar-refractivity contribution in [3.63, 3.8) is 0 Å². The number of hydrogen-bond donors (Lipinski definition) is 0. The summed E-state index contributed by atoms with van der Waals surface area (Å²) in [6.45, 7) is 2.80. The molecule has 0 fully saturated rings. The maximum atomic E-state index is 5.31. The molecule has 0 aliphatic carbocycles. The lowest BCUT2D eigenvalue weighted by Gasteiger charge is -2.18. The molecule has 1 atom stereocenters. The van der Waals surface area contributed by atoms with Gasteiger partial charge in [-0.3, -0.25) is 4.98 Å². The number of thiophene rings is 1. The molecule has 6 heteroatoms. The van der Waals surface area contributed by atoms with Crippen LogP contribution in [0.25, 0.3) is 10.2 Å². The number of aromatic nitrogens is 2. The molecule has 0 aromatic carbocycles. The minimum atomic E-state index is 0.0546. The van der Waals surface area contributed by atoms with E-state index in [9.17, 15) is 0 Å². The average molecular weight is 319 g/mol. The molecule has 0 amide bonds. The lowest BCUT2D eigenvalue weighted by atomic mass is 10.3. The van der Waals surface area contributed by atoms with Crippen LogP contribution in [0.2, 0.25) is 0 Å². The molecule has 110 valence electrons. The third kappa shape index (κ3) is 2.92. The van der Waals surface area contributed by atoms with E-state index in [0.717, 1.165) is 22.8 Å². The zero-order valence-corrected chi connectivity index (χ0v) is 13.9. The summed E-state index contributed by atoms with van der Waals surface area (Å²) in [6, 6.07) is 4.11. The molecule has 0 aliphatic rings. The Bertz CT molecular complexity index is 737. The zero-order chi connectivity index (χ0) is 14.8. The first-order chi connectivity index (χ1) is 10.2. The highest BCUT2D eigenvalue weighted by molar-refractivity contribution is 7.17. The quantitative estimate of drug-likeness (QED) is 0.710. The molecule has 3 rings (SSSR count). The van der Waals surface area contributed by atoms with Crippen LogP contribution in [0.3, 0.4) is 0 Å². The Balaban J connectivity index is 1.81. The minimum absolute atomic E-state index is 0.0546. The summed E-state index contributed by atoms with van der Waals surface area (Å²) in [4.78, 5) is 11.3. The van der Waals surface area contributed by atoms with Crippen LogP contribution in [0.1, 0.15) is 23.7 Å². The number of hydrogen-bond acceptors (Lipinski definition) is 6. The highest BCUT2D eigenvalue weighted by Gasteiger charge is 2.13. The second-order valence-electron chi connectivity index (χ2n) is 4.88. The SMILES string of the molecule is COC(C)c1nc(CN(C)c2ccnc3ccsc23)cs1. The molecule has 3 aromatic rings. The van der Waals surface area contributed by atoms with Crippen molar-refractivity contribution in [3.8, 4) is 0 Å².